The van der Waals surface area contributed by atoms with Crippen molar-refractivity contribution in [2.24, 2.45) is 0 Å². The van der Waals surface area contributed by atoms with E-state index in [0.29, 0.717) is 24.2 Å². The molecule has 3 aromatic rings. The maximum absolute atomic E-state index is 12.5. The molecule has 8 heteroatoms. The van der Waals surface area contributed by atoms with Gasteiger partial charge in [0.05, 0.1) is 5.75 Å². The van der Waals surface area contributed by atoms with E-state index in [9.17, 15) is 4.79 Å². The first kappa shape index (κ1) is 22.6. The van der Waals surface area contributed by atoms with Crippen molar-refractivity contribution in [2.45, 2.75) is 45.0 Å². The number of carbonyl (C=O) groups excluding carboxylic acids is 1. The predicted octanol–water partition coefficient (Wildman–Crippen LogP) is 5.34. The van der Waals surface area contributed by atoms with Gasteiger partial charge < -0.3 is 14.6 Å². The number of amides is 1. The zero-order valence-electron chi connectivity index (χ0n) is 17.3. The molecular formula is C22H25IN4O2S. The molecule has 0 atom stereocenters. The number of hydrogen-bond acceptors (Lipinski definition) is 5. The fourth-order valence-corrected chi connectivity index (χ4v) is 4.29. The molecule has 0 fully saturated rings. The molecule has 0 bridgehead atoms. The Balaban J connectivity index is 1.60. The number of ether oxygens (including phenoxy) is 1. The maximum atomic E-state index is 12.5. The van der Waals surface area contributed by atoms with Gasteiger partial charge in [0.15, 0.2) is 11.0 Å². The Hall–Kier alpha value is -2.07. The Morgan fingerprint density at radius 2 is 1.97 bits per heavy atom. The Bertz CT molecular complexity index is 992. The van der Waals surface area contributed by atoms with E-state index in [4.69, 9.17) is 4.74 Å². The third-order valence-electron chi connectivity index (χ3n) is 4.46. The van der Waals surface area contributed by atoms with Crippen molar-refractivity contribution in [3.63, 3.8) is 0 Å². The van der Waals surface area contributed by atoms with Crippen LogP contribution in [0.4, 0.5) is 5.69 Å². The molecule has 0 saturated heterocycles. The summed E-state index contributed by atoms with van der Waals surface area (Å²) < 4.78 is 8.92. The highest BCUT2D eigenvalue weighted by Crippen LogP contribution is 2.27. The van der Waals surface area contributed by atoms with Crippen molar-refractivity contribution in [2.75, 3.05) is 11.1 Å². The minimum Gasteiger partial charge on any atom is -0.486 e. The summed E-state index contributed by atoms with van der Waals surface area (Å²) in [5.41, 5.74) is 2.00. The topological polar surface area (TPSA) is 69.0 Å². The van der Waals surface area contributed by atoms with Crippen LogP contribution in [0.3, 0.4) is 0 Å². The van der Waals surface area contributed by atoms with Crippen LogP contribution in [-0.4, -0.2) is 26.4 Å². The highest BCUT2D eigenvalue weighted by Gasteiger charge is 2.15. The van der Waals surface area contributed by atoms with E-state index in [0.717, 1.165) is 26.4 Å². The van der Waals surface area contributed by atoms with Gasteiger partial charge in [0.25, 0.3) is 0 Å². The van der Waals surface area contributed by atoms with Gasteiger partial charge >= 0.3 is 0 Å². The van der Waals surface area contributed by atoms with E-state index in [-0.39, 0.29) is 11.7 Å². The number of hydrogen-bond donors (Lipinski definition) is 1. The summed E-state index contributed by atoms with van der Waals surface area (Å²) in [6, 6.07) is 15.7. The Labute approximate surface area is 195 Å². The normalized spacial score (nSPS) is 11.0. The molecule has 158 valence electrons. The van der Waals surface area contributed by atoms with Gasteiger partial charge in [-0.05, 0) is 71.3 Å². The van der Waals surface area contributed by atoms with Crippen molar-refractivity contribution in [1.29, 1.82) is 0 Å². The number of nitrogens with zero attached hydrogens (tertiary/aromatic N) is 3. The van der Waals surface area contributed by atoms with E-state index < -0.39 is 0 Å². The highest BCUT2D eigenvalue weighted by atomic mass is 127. The second-order valence-electron chi connectivity index (χ2n) is 6.97. The summed E-state index contributed by atoms with van der Waals surface area (Å²) in [5.74, 6) is 2.06. The third-order valence-corrected chi connectivity index (χ3v) is 6.10. The van der Waals surface area contributed by atoms with Crippen molar-refractivity contribution >= 4 is 45.9 Å². The van der Waals surface area contributed by atoms with E-state index in [2.05, 4.69) is 58.0 Å². The second-order valence-corrected chi connectivity index (χ2v) is 9.16. The number of nitrogens with one attached hydrogen (secondary N) is 1. The lowest BCUT2D eigenvalue weighted by atomic mass is 10.0. The van der Waals surface area contributed by atoms with Crippen LogP contribution in [-0.2, 0) is 17.9 Å². The lowest BCUT2D eigenvalue weighted by Crippen LogP contribution is -2.16. The predicted molar refractivity (Wildman–Crippen MR) is 129 cm³/mol. The third kappa shape index (κ3) is 5.98. The fraction of sp³-hybridized carbons (Fsp3) is 0.318. The Morgan fingerprint density at radius 1 is 1.20 bits per heavy atom. The minimum absolute atomic E-state index is 0.0594. The highest BCUT2D eigenvalue weighted by molar-refractivity contribution is 14.1. The number of aromatic nitrogens is 3. The van der Waals surface area contributed by atoms with Crippen LogP contribution >= 0.6 is 34.4 Å². The van der Waals surface area contributed by atoms with Crippen molar-refractivity contribution < 1.29 is 9.53 Å². The van der Waals surface area contributed by atoms with Crippen molar-refractivity contribution in [3.8, 4) is 5.75 Å². The van der Waals surface area contributed by atoms with E-state index in [1.807, 2.05) is 54.0 Å². The quantitative estimate of drug-likeness (QED) is 0.296. The molecule has 1 N–H and O–H groups in total. The number of benzene rings is 2. The molecule has 0 spiro atoms. The SMILES string of the molecule is CCn1c(COc2ccccc2)nnc1SCC(=O)Nc1ccc(I)cc1C(C)C. The van der Waals surface area contributed by atoms with Gasteiger partial charge in [0, 0.05) is 15.8 Å². The van der Waals surface area contributed by atoms with E-state index in [1.54, 1.807) is 0 Å². The number of thioether (sulfide) groups is 1. The summed E-state index contributed by atoms with van der Waals surface area (Å²) in [6.45, 7) is 7.31. The molecule has 0 aliphatic carbocycles. The largest absolute Gasteiger partial charge is 0.486 e. The second kappa shape index (κ2) is 10.8. The van der Waals surface area contributed by atoms with Gasteiger partial charge in [-0.15, -0.1) is 10.2 Å². The van der Waals surface area contributed by atoms with Crippen LogP contribution in [0.2, 0.25) is 0 Å². The smallest absolute Gasteiger partial charge is 0.234 e. The molecule has 30 heavy (non-hydrogen) atoms. The van der Waals surface area contributed by atoms with Gasteiger partial charge in [-0.1, -0.05) is 43.8 Å². The molecule has 6 nitrogen and oxygen atoms in total. The Kier molecular flexibility index (Phi) is 8.15. The zero-order chi connectivity index (χ0) is 21.5. The average Bonchev–Trinajstić information content (AvgIpc) is 3.14. The number of rotatable bonds is 9. The summed E-state index contributed by atoms with van der Waals surface area (Å²) in [5, 5.41) is 12.2. The lowest BCUT2D eigenvalue weighted by molar-refractivity contribution is -0.113. The molecular weight excluding hydrogens is 511 g/mol. The molecule has 0 radical (unpaired) electrons. The molecule has 1 heterocycles. The standard InChI is InChI=1S/C22H25IN4O2S/c1-4-27-20(13-29-17-8-6-5-7-9-17)25-26-22(27)30-14-21(28)24-19-11-10-16(23)12-18(19)15(2)3/h5-12,15H,4,13-14H2,1-3H3,(H,24,28). The first-order valence-electron chi connectivity index (χ1n) is 9.80. The molecule has 0 aliphatic rings. The minimum atomic E-state index is -0.0594. The average molecular weight is 536 g/mol. The molecule has 2 aromatic carbocycles. The van der Waals surface area contributed by atoms with E-state index >= 15 is 0 Å². The summed E-state index contributed by atoms with van der Waals surface area (Å²) in [6.07, 6.45) is 0. The van der Waals surface area contributed by atoms with Crippen LogP contribution < -0.4 is 10.1 Å². The molecule has 1 aromatic heterocycles. The molecule has 0 aliphatic heterocycles. The Morgan fingerprint density at radius 3 is 2.67 bits per heavy atom. The van der Waals surface area contributed by atoms with Gasteiger partial charge in [-0.3, -0.25) is 4.79 Å². The molecule has 1 amide bonds. The maximum Gasteiger partial charge on any atom is 0.234 e. The van der Waals surface area contributed by atoms with Crippen LogP contribution in [0.15, 0.2) is 53.7 Å². The monoisotopic (exact) mass is 536 g/mol. The zero-order valence-corrected chi connectivity index (χ0v) is 20.2. The van der Waals surface area contributed by atoms with Gasteiger partial charge in [0.1, 0.15) is 12.4 Å². The van der Waals surface area contributed by atoms with Crippen molar-refractivity contribution in [3.05, 3.63) is 63.5 Å². The first-order chi connectivity index (χ1) is 14.5. The summed E-state index contributed by atoms with van der Waals surface area (Å²) in [4.78, 5) is 12.5. The van der Waals surface area contributed by atoms with Crippen LogP contribution in [0, 0.1) is 3.57 Å². The van der Waals surface area contributed by atoms with Gasteiger partial charge in [-0.25, -0.2) is 0 Å². The molecule has 0 saturated carbocycles. The number of anilines is 1. The van der Waals surface area contributed by atoms with Gasteiger partial charge in [-0.2, -0.15) is 0 Å². The number of para-hydroxylation sites is 1. The fourth-order valence-electron chi connectivity index (χ4n) is 2.96. The van der Waals surface area contributed by atoms with Gasteiger partial charge in [0.2, 0.25) is 5.91 Å². The molecule has 3 rings (SSSR count). The number of carbonyl (C=O) groups is 1. The van der Waals surface area contributed by atoms with E-state index in [1.165, 1.54) is 11.8 Å². The van der Waals surface area contributed by atoms with Crippen LogP contribution in [0.5, 0.6) is 5.75 Å². The summed E-state index contributed by atoms with van der Waals surface area (Å²) >= 11 is 3.67. The van der Waals surface area contributed by atoms with Crippen LogP contribution in [0.1, 0.15) is 38.1 Å². The number of halogens is 1. The first-order valence-corrected chi connectivity index (χ1v) is 11.9. The lowest BCUT2D eigenvalue weighted by Gasteiger charge is -2.14. The molecule has 0 unspecified atom stereocenters. The van der Waals surface area contributed by atoms with Crippen molar-refractivity contribution in [1.82, 2.24) is 14.8 Å². The summed E-state index contributed by atoms with van der Waals surface area (Å²) in [7, 11) is 0. The van der Waals surface area contributed by atoms with Crippen LogP contribution in [0.25, 0.3) is 0 Å².